The summed E-state index contributed by atoms with van der Waals surface area (Å²) in [7, 11) is 0. The fourth-order valence-corrected chi connectivity index (χ4v) is 3.52. The number of benzene rings is 1. The molecule has 0 aromatic heterocycles. The van der Waals surface area contributed by atoms with E-state index in [1.54, 1.807) is 0 Å². The van der Waals surface area contributed by atoms with Gasteiger partial charge in [-0.2, -0.15) is 0 Å². The first-order valence-corrected chi connectivity index (χ1v) is 8.60. The minimum absolute atomic E-state index is 0.109. The average Bonchev–Trinajstić information content (AvgIpc) is 2.51. The van der Waals surface area contributed by atoms with Gasteiger partial charge in [0.25, 0.3) is 0 Å². The minimum Gasteiger partial charge on any atom is -0.396 e. The molecule has 0 saturated heterocycles. The van der Waals surface area contributed by atoms with Gasteiger partial charge in [-0.3, -0.25) is 4.79 Å². The second kappa shape index (κ2) is 8.54. The standard InChI is InChI=1S/C17H24BrNO2/c18-16-7-3-4-13(10-16)8-9-17(21)19-11-14-5-1-2-6-15(14)12-20/h3-4,7,10,14-15,20H,1-2,5-6,8-9,11-12H2,(H,19,21). The van der Waals surface area contributed by atoms with Crippen molar-refractivity contribution in [2.45, 2.75) is 38.5 Å². The highest BCUT2D eigenvalue weighted by molar-refractivity contribution is 9.10. The number of halogens is 1. The number of rotatable bonds is 6. The third kappa shape index (κ3) is 5.44. The molecular weight excluding hydrogens is 330 g/mol. The Hall–Kier alpha value is -0.870. The van der Waals surface area contributed by atoms with E-state index in [-0.39, 0.29) is 12.5 Å². The number of hydrogen-bond acceptors (Lipinski definition) is 2. The highest BCUT2D eigenvalue weighted by Crippen LogP contribution is 2.29. The van der Waals surface area contributed by atoms with Crippen molar-refractivity contribution in [3.05, 3.63) is 34.3 Å². The van der Waals surface area contributed by atoms with E-state index >= 15 is 0 Å². The largest absolute Gasteiger partial charge is 0.396 e. The summed E-state index contributed by atoms with van der Waals surface area (Å²) >= 11 is 3.44. The maximum Gasteiger partial charge on any atom is 0.220 e. The summed E-state index contributed by atoms with van der Waals surface area (Å²) in [6, 6.07) is 8.07. The molecule has 116 valence electrons. The van der Waals surface area contributed by atoms with Crippen LogP contribution in [-0.2, 0) is 11.2 Å². The zero-order valence-corrected chi connectivity index (χ0v) is 13.9. The predicted molar refractivity (Wildman–Crippen MR) is 88.0 cm³/mol. The van der Waals surface area contributed by atoms with Crippen LogP contribution < -0.4 is 5.32 Å². The second-order valence-electron chi connectivity index (χ2n) is 5.92. The van der Waals surface area contributed by atoms with Crippen LogP contribution in [0.1, 0.15) is 37.7 Å². The van der Waals surface area contributed by atoms with E-state index in [2.05, 4.69) is 27.3 Å². The maximum absolute atomic E-state index is 12.0. The molecule has 0 spiro atoms. The summed E-state index contributed by atoms with van der Waals surface area (Å²) in [6.07, 6.45) is 5.92. The quantitative estimate of drug-likeness (QED) is 0.824. The molecule has 2 atom stereocenters. The van der Waals surface area contributed by atoms with Crippen LogP contribution in [0.3, 0.4) is 0 Å². The number of carbonyl (C=O) groups is 1. The molecule has 3 nitrogen and oxygen atoms in total. The van der Waals surface area contributed by atoms with Crippen LogP contribution in [0.5, 0.6) is 0 Å². The van der Waals surface area contributed by atoms with Gasteiger partial charge in [-0.15, -0.1) is 0 Å². The predicted octanol–water partition coefficient (Wildman–Crippen LogP) is 3.30. The monoisotopic (exact) mass is 353 g/mol. The Bertz CT molecular complexity index is 464. The van der Waals surface area contributed by atoms with Gasteiger partial charge in [0.2, 0.25) is 5.91 Å². The zero-order valence-electron chi connectivity index (χ0n) is 12.4. The van der Waals surface area contributed by atoms with Gasteiger partial charge in [0, 0.05) is 24.0 Å². The molecular formula is C17H24BrNO2. The smallest absolute Gasteiger partial charge is 0.220 e. The minimum atomic E-state index is 0.109. The molecule has 1 fully saturated rings. The molecule has 0 bridgehead atoms. The normalized spacial score (nSPS) is 22.0. The molecule has 1 aromatic rings. The van der Waals surface area contributed by atoms with Gasteiger partial charge >= 0.3 is 0 Å². The molecule has 21 heavy (non-hydrogen) atoms. The number of aryl methyl sites for hydroxylation is 1. The third-order valence-electron chi connectivity index (χ3n) is 4.39. The van der Waals surface area contributed by atoms with Crippen molar-refractivity contribution in [3.8, 4) is 0 Å². The number of aliphatic hydroxyl groups is 1. The van der Waals surface area contributed by atoms with E-state index in [0.29, 0.717) is 24.8 Å². The Morgan fingerprint density at radius 1 is 1.29 bits per heavy atom. The Morgan fingerprint density at radius 2 is 2.05 bits per heavy atom. The van der Waals surface area contributed by atoms with Crippen LogP contribution in [0.25, 0.3) is 0 Å². The topological polar surface area (TPSA) is 49.3 Å². The molecule has 2 rings (SSSR count). The SMILES string of the molecule is O=C(CCc1cccc(Br)c1)NCC1CCCCC1CO. The van der Waals surface area contributed by atoms with Crippen LogP contribution in [0, 0.1) is 11.8 Å². The summed E-state index contributed by atoms with van der Waals surface area (Å²) in [6.45, 7) is 0.959. The lowest BCUT2D eigenvalue weighted by molar-refractivity contribution is -0.121. The van der Waals surface area contributed by atoms with Crippen LogP contribution in [0.4, 0.5) is 0 Å². The fraction of sp³-hybridized carbons (Fsp3) is 0.588. The molecule has 0 aliphatic heterocycles. The van der Waals surface area contributed by atoms with Gasteiger partial charge in [0.1, 0.15) is 0 Å². The maximum atomic E-state index is 12.0. The van der Waals surface area contributed by atoms with E-state index in [1.807, 2.05) is 18.2 Å². The molecule has 0 radical (unpaired) electrons. The molecule has 0 heterocycles. The number of carbonyl (C=O) groups excluding carboxylic acids is 1. The lowest BCUT2D eigenvalue weighted by atomic mass is 9.79. The first-order chi connectivity index (χ1) is 10.2. The van der Waals surface area contributed by atoms with E-state index < -0.39 is 0 Å². The third-order valence-corrected chi connectivity index (χ3v) is 4.89. The summed E-state index contributed by atoms with van der Waals surface area (Å²) in [4.78, 5) is 12.0. The highest BCUT2D eigenvalue weighted by Gasteiger charge is 2.24. The van der Waals surface area contributed by atoms with Crippen molar-refractivity contribution in [3.63, 3.8) is 0 Å². The second-order valence-corrected chi connectivity index (χ2v) is 6.84. The van der Waals surface area contributed by atoms with Crippen molar-refractivity contribution in [1.29, 1.82) is 0 Å². The molecule has 1 aliphatic rings. The Balaban J connectivity index is 1.72. The number of nitrogens with one attached hydrogen (secondary N) is 1. The first kappa shape index (κ1) is 16.5. The number of aliphatic hydroxyl groups excluding tert-OH is 1. The number of amides is 1. The fourth-order valence-electron chi connectivity index (χ4n) is 3.08. The van der Waals surface area contributed by atoms with E-state index in [0.717, 1.165) is 23.7 Å². The Morgan fingerprint density at radius 3 is 2.76 bits per heavy atom. The molecule has 1 aromatic carbocycles. The van der Waals surface area contributed by atoms with Crippen LogP contribution in [0.15, 0.2) is 28.7 Å². The molecule has 1 saturated carbocycles. The van der Waals surface area contributed by atoms with Gasteiger partial charge in [-0.25, -0.2) is 0 Å². The van der Waals surface area contributed by atoms with Crippen molar-refractivity contribution < 1.29 is 9.90 Å². The first-order valence-electron chi connectivity index (χ1n) is 7.81. The van der Waals surface area contributed by atoms with E-state index in [4.69, 9.17) is 0 Å². The van der Waals surface area contributed by atoms with Crippen molar-refractivity contribution in [2.24, 2.45) is 11.8 Å². The van der Waals surface area contributed by atoms with Crippen molar-refractivity contribution in [1.82, 2.24) is 5.32 Å². The molecule has 2 unspecified atom stereocenters. The molecule has 1 amide bonds. The van der Waals surface area contributed by atoms with Crippen molar-refractivity contribution >= 4 is 21.8 Å². The lowest BCUT2D eigenvalue weighted by Crippen LogP contribution is -2.35. The summed E-state index contributed by atoms with van der Waals surface area (Å²) in [5, 5.41) is 12.4. The molecule has 4 heteroatoms. The van der Waals surface area contributed by atoms with Gasteiger partial charge in [0.05, 0.1) is 0 Å². The summed E-state index contributed by atoms with van der Waals surface area (Å²) < 4.78 is 1.05. The summed E-state index contributed by atoms with van der Waals surface area (Å²) in [5.41, 5.74) is 1.17. The highest BCUT2D eigenvalue weighted by atomic mass is 79.9. The molecule has 1 aliphatic carbocycles. The van der Waals surface area contributed by atoms with Crippen LogP contribution in [-0.4, -0.2) is 24.2 Å². The van der Waals surface area contributed by atoms with E-state index in [1.165, 1.54) is 18.4 Å². The van der Waals surface area contributed by atoms with E-state index in [9.17, 15) is 9.90 Å². The van der Waals surface area contributed by atoms with Crippen LogP contribution >= 0.6 is 15.9 Å². The van der Waals surface area contributed by atoms with Gasteiger partial charge in [-0.1, -0.05) is 40.9 Å². The number of hydrogen-bond donors (Lipinski definition) is 2. The van der Waals surface area contributed by atoms with Crippen LogP contribution in [0.2, 0.25) is 0 Å². The lowest BCUT2D eigenvalue weighted by Gasteiger charge is -2.30. The zero-order chi connectivity index (χ0) is 15.1. The van der Waals surface area contributed by atoms with Gasteiger partial charge in [-0.05, 0) is 48.8 Å². The Labute approximate surface area is 135 Å². The summed E-state index contributed by atoms with van der Waals surface area (Å²) in [5.74, 6) is 0.917. The van der Waals surface area contributed by atoms with Gasteiger partial charge in [0.15, 0.2) is 0 Å². The average molecular weight is 354 g/mol. The van der Waals surface area contributed by atoms with Gasteiger partial charge < -0.3 is 10.4 Å². The molecule has 2 N–H and O–H groups in total. The van der Waals surface area contributed by atoms with Crippen molar-refractivity contribution in [2.75, 3.05) is 13.2 Å². The Kier molecular flexibility index (Phi) is 6.71.